The van der Waals surface area contributed by atoms with E-state index in [1.807, 2.05) is 0 Å². The van der Waals surface area contributed by atoms with E-state index in [0.29, 0.717) is 10.8 Å². The zero-order chi connectivity index (χ0) is 18.5. The largest absolute Gasteiger partial charge is 0.444 e. The Morgan fingerprint density at radius 1 is 1.38 bits per heavy atom. The number of anilines is 1. The van der Waals surface area contributed by atoms with Crippen LogP contribution in [0.5, 0.6) is 0 Å². The van der Waals surface area contributed by atoms with Crippen molar-refractivity contribution in [1.82, 2.24) is 10.3 Å². The summed E-state index contributed by atoms with van der Waals surface area (Å²) in [5.74, 6) is -0.692. The second-order valence-electron chi connectivity index (χ2n) is 6.00. The number of thiazole rings is 1. The average molecular weight is 374 g/mol. The quantitative estimate of drug-likeness (QED) is 0.653. The summed E-state index contributed by atoms with van der Waals surface area (Å²) in [5, 5.41) is 5.47. The minimum absolute atomic E-state index is 0.146. The molecule has 0 aromatic carbocycles. The number of hydrogen-bond donors (Lipinski definition) is 3. The van der Waals surface area contributed by atoms with Gasteiger partial charge in [-0.2, -0.15) is 0 Å². The SMILES string of the molecule is Cc1nc(NC(=O)[C@@H](C)NC(=O)OC(C)(C)C)sc1SCC(N)=O. The first kappa shape index (κ1) is 20.2. The molecule has 1 aromatic rings. The molecule has 0 unspecified atom stereocenters. The first-order valence-corrected chi connectivity index (χ1v) is 8.97. The Hall–Kier alpha value is -1.81. The summed E-state index contributed by atoms with van der Waals surface area (Å²) in [6, 6.07) is -0.786. The molecule has 1 heterocycles. The predicted octanol–water partition coefficient (Wildman–Crippen LogP) is 1.88. The molecule has 1 atom stereocenters. The van der Waals surface area contributed by atoms with Crippen molar-refractivity contribution in [3.8, 4) is 0 Å². The first-order chi connectivity index (χ1) is 11.0. The molecule has 134 valence electrons. The maximum absolute atomic E-state index is 12.1. The van der Waals surface area contributed by atoms with Crippen molar-refractivity contribution in [2.45, 2.75) is 50.5 Å². The predicted molar refractivity (Wildman–Crippen MR) is 94.2 cm³/mol. The maximum Gasteiger partial charge on any atom is 0.408 e. The number of nitrogens with one attached hydrogen (secondary N) is 2. The van der Waals surface area contributed by atoms with Crippen molar-refractivity contribution in [3.63, 3.8) is 0 Å². The van der Waals surface area contributed by atoms with Gasteiger partial charge < -0.3 is 21.1 Å². The molecule has 24 heavy (non-hydrogen) atoms. The summed E-state index contributed by atoms with van der Waals surface area (Å²) in [4.78, 5) is 38.8. The van der Waals surface area contributed by atoms with Crippen LogP contribution in [-0.4, -0.2) is 40.3 Å². The third-order valence-electron chi connectivity index (χ3n) is 2.46. The molecule has 0 fully saturated rings. The number of amides is 3. The molecule has 8 nitrogen and oxygen atoms in total. The van der Waals surface area contributed by atoms with Gasteiger partial charge in [-0.05, 0) is 34.6 Å². The van der Waals surface area contributed by atoms with Gasteiger partial charge in [-0.15, -0.1) is 11.8 Å². The fourth-order valence-corrected chi connectivity index (χ4v) is 3.35. The van der Waals surface area contributed by atoms with Crippen molar-refractivity contribution in [3.05, 3.63) is 5.69 Å². The number of nitrogens with two attached hydrogens (primary N) is 1. The number of aryl methyl sites for hydroxylation is 1. The maximum atomic E-state index is 12.1. The van der Waals surface area contributed by atoms with Crippen molar-refractivity contribution >= 4 is 46.1 Å². The van der Waals surface area contributed by atoms with Gasteiger partial charge in [-0.3, -0.25) is 9.59 Å². The normalized spacial score (nSPS) is 12.4. The second kappa shape index (κ2) is 8.34. The molecule has 1 aromatic heterocycles. The van der Waals surface area contributed by atoms with E-state index >= 15 is 0 Å². The first-order valence-electron chi connectivity index (χ1n) is 7.17. The van der Waals surface area contributed by atoms with E-state index in [1.165, 1.54) is 23.1 Å². The number of carbonyl (C=O) groups is 3. The Bertz CT molecular complexity index is 625. The molecule has 4 N–H and O–H groups in total. The smallest absolute Gasteiger partial charge is 0.408 e. The number of primary amides is 1. The monoisotopic (exact) mass is 374 g/mol. The van der Waals surface area contributed by atoms with Gasteiger partial charge >= 0.3 is 6.09 Å². The highest BCUT2D eigenvalue weighted by Gasteiger charge is 2.22. The highest BCUT2D eigenvalue weighted by atomic mass is 32.2. The van der Waals surface area contributed by atoms with Crippen LogP contribution < -0.4 is 16.4 Å². The van der Waals surface area contributed by atoms with Gasteiger partial charge in [0.1, 0.15) is 11.6 Å². The summed E-state index contributed by atoms with van der Waals surface area (Å²) in [5.41, 5.74) is 5.17. The highest BCUT2D eigenvalue weighted by Crippen LogP contribution is 2.31. The molecule has 10 heteroatoms. The van der Waals surface area contributed by atoms with Crippen molar-refractivity contribution in [2.75, 3.05) is 11.1 Å². The Balaban J connectivity index is 2.59. The van der Waals surface area contributed by atoms with Gasteiger partial charge in [-0.1, -0.05) is 11.3 Å². The molecular weight excluding hydrogens is 352 g/mol. The van der Waals surface area contributed by atoms with E-state index in [-0.39, 0.29) is 5.75 Å². The van der Waals surface area contributed by atoms with Crippen LogP contribution in [0, 0.1) is 6.92 Å². The van der Waals surface area contributed by atoms with Gasteiger partial charge in [0.15, 0.2) is 5.13 Å². The zero-order valence-corrected chi connectivity index (χ0v) is 15.9. The van der Waals surface area contributed by atoms with Gasteiger partial charge in [-0.25, -0.2) is 9.78 Å². The van der Waals surface area contributed by atoms with Gasteiger partial charge in [0.2, 0.25) is 11.8 Å². The number of thioether (sulfide) groups is 1. The molecule has 0 aliphatic carbocycles. The Labute approximate surface area is 148 Å². The van der Waals surface area contributed by atoms with Crippen LogP contribution in [0.1, 0.15) is 33.4 Å². The lowest BCUT2D eigenvalue weighted by atomic mass is 10.2. The number of ether oxygens (including phenoxy) is 1. The number of nitrogens with zero attached hydrogens (tertiary/aromatic N) is 1. The minimum Gasteiger partial charge on any atom is -0.444 e. The summed E-state index contributed by atoms with van der Waals surface area (Å²) < 4.78 is 5.90. The molecule has 0 saturated heterocycles. The van der Waals surface area contributed by atoms with E-state index in [4.69, 9.17) is 10.5 Å². The Morgan fingerprint density at radius 2 is 2.00 bits per heavy atom. The molecule has 0 spiro atoms. The van der Waals surface area contributed by atoms with Crippen molar-refractivity contribution < 1.29 is 19.1 Å². The van der Waals surface area contributed by atoms with Crippen LogP contribution in [0.2, 0.25) is 0 Å². The number of alkyl carbamates (subject to hydrolysis) is 1. The van der Waals surface area contributed by atoms with Crippen LogP contribution >= 0.6 is 23.1 Å². The molecule has 1 rings (SSSR count). The Kier molecular flexibility index (Phi) is 7.03. The van der Waals surface area contributed by atoms with Crippen molar-refractivity contribution in [2.24, 2.45) is 5.73 Å². The van der Waals surface area contributed by atoms with Gasteiger partial charge in [0, 0.05) is 0 Å². The fraction of sp³-hybridized carbons (Fsp3) is 0.571. The van der Waals surface area contributed by atoms with Crippen LogP contribution in [0.3, 0.4) is 0 Å². The van der Waals surface area contributed by atoms with Gasteiger partial charge in [0.25, 0.3) is 0 Å². The highest BCUT2D eigenvalue weighted by molar-refractivity contribution is 8.01. The molecule has 0 bridgehead atoms. The van der Waals surface area contributed by atoms with E-state index in [0.717, 1.165) is 4.21 Å². The van der Waals surface area contributed by atoms with E-state index in [1.54, 1.807) is 34.6 Å². The number of rotatable bonds is 6. The third-order valence-corrected chi connectivity index (χ3v) is 4.91. The average Bonchev–Trinajstić information content (AvgIpc) is 2.73. The molecule has 3 amide bonds. The summed E-state index contributed by atoms with van der Waals surface area (Å²) in [6.07, 6.45) is -0.668. The topological polar surface area (TPSA) is 123 Å². The summed E-state index contributed by atoms with van der Waals surface area (Å²) >= 11 is 2.51. The van der Waals surface area contributed by atoms with Crippen molar-refractivity contribution in [1.29, 1.82) is 0 Å². The lowest BCUT2D eigenvalue weighted by molar-refractivity contribution is -0.118. The molecule has 0 aliphatic rings. The van der Waals surface area contributed by atoms with E-state index in [2.05, 4.69) is 15.6 Å². The summed E-state index contributed by atoms with van der Waals surface area (Å²) in [7, 11) is 0. The minimum atomic E-state index is -0.786. The van der Waals surface area contributed by atoms with E-state index in [9.17, 15) is 14.4 Å². The lowest BCUT2D eigenvalue weighted by Crippen LogP contribution is -2.43. The van der Waals surface area contributed by atoms with E-state index < -0.39 is 29.6 Å². The molecule has 0 radical (unpaired) electrons. The number of carbonyl (C=O) groups excluding carboxylic acids is 3. The number of aromatic nitrogens is 1. The van der Waals surface area contributed by atoms with Crippen LogP contribution in [0.15, 0.2) is 4.21 Å². The fourth-order valence-electron chi connectivity index (χ4n) is 1.47. The Morgan fingerprint density at radius 3 is 2.54 bits per heavy atom. The zero-order valence-electron chi connectivity index (χ0n) is 14.3. The second-order valence-corrected chi connectivity index (χ2v) is 8.25. The van der Waals surface area contributed by atoms with Crippen LogP contribution in [0.4, 0.5) is 9.93 Å². The molecule has 0 aliphatic heterocycles. The standard InChI is InChI=1S/C14H22N4O4S2/c1-7(17-13(21)22-14(3,4)5)10(20)18-12-16-8(2)11(24-12)23-6-9(15)19/h7H,6H2,1-5H3,(H2,15,19)(H,17,21)(H,16,18,20)/t7-/m1/s1. The molecule has 0 saturated carbocycles. The van der Waals surface area contributed by atoms with Crippen LogP contribution in [-0.2, 0) is 14.3 Å². The third kappa shape index (κ3) is 7.18. The van der Waals surface area contributed by atoms with Gasteiger partial charge in [0.05, 0.1) is 15.7 Å². The summed E-state index contributed by atoms with van der Waals surface area (Å²) in [6.45, 7) is 8.53. The molecular formula is C14H22N4O4S2. The number of hydrogen-bond acceptors (Lipinski definition) is 7. The van der Waals surface area contributed by atoms with Crippen LogP contribution in [0.25, 0.3) is 0 Å². The lowest BCUT2D eigenvalue weighted by Gasteiger charge is -2.21.